The van der Waals surface area contributed by atoms with Crippen LogP contribution in [0.5, 0.6) is 0 Å². The normalized spacial score (nSPS) is 21.4. The summed E-state index contributed by atoms with van der Waals surface area (Å²) in [5.74, 6) is 0.0261. The Morgan fingerprint density at radius 2 is 1.50 bits per heavy atom. The van der Waals surface area contributed by atoms with Gasteiger partial charge in [-0.2, -0.15) is 9.97 Å². The number of fused-ring (bicyclic) bond motifs is 1. The number of halogens is 1. The second-order valence-electron chi connectivity index (χ2n) is 8.27. The largest absolute Gasteiger partial charge is 0.469 e. The Balaban J connectivity index is 0.000000426. The molecule has 0 spiro atoms. The Hall–Kier alpha value is -1.45. The van der Waals surface area contributed by atoms with Gasteiger partial charge in [-0.1, -0.05) is 41.5 Å². The van der Waals surface area contributed by atoms with Gasteiger partial charge in [0.2, 0.25) is 5.28 Å². The highest BCUT2D eigenvalue weighted by Crippen LogP contribution is 2.39. The maximum atomic E-state index is 10.7. The van der Waals surface area contributed by atoms with Crippen molar-refractivity contribution in [3.63, 3.8) is 0 Å². The fourth-order valence-corrected chi connectivity index (χ4v) is 4.22. The van der Waals surface area contributed by atoms with Crippen LogP contribution in [0, 0.1) is 0 Å². The zero-order chi connectivity index (χ0) is 29.0. The number of nitrogen functional groups attached to an aromatic ring is 1. The second-order valence-corrected chi connectivity index (χ2v) is 9.85. The first kappa shape index (κ1) is 34.6. The SMILES string of the molecule is CCN(CC)CC.CCN(CC)CC.Nc1nc(Cl)nc2c1ncn2[C@@H]1O[C@H](COP(=O)(O)O)[C@@H](O)[C@H]1O. The summed E-state index contributed by atoms with van der Waals surface area (Å²) in [7, 11) is -4.74. The number of aliphatic hydroxyl groups excluding tert-OH is 2. The van der Waals surface area contributed by atoms with Crippen LogP contribution in [0.15, 0.2) is 6.33 Å². The van der Waals surface area contributed by atoms with Gasteiger partial charge in [0.15, 0.2) is 17.7 Å². The summed E-state index contributed by atoms with van der Waals surface area (Å²) in [6.07, 6.45) is -3.93. The standard InChI is InChI=1S/C10H13ClN5O7P.2C6H15N/c11-10-14-7(12)4-8(15-10)16(2-13-4)9-6(18)5(17)3(23-9)1-22-24(19,20)21;2*1-4-7(5-2)6-3/h2-3,5-6,9,17-18H,1H2,(H2,12,14,15)(H2,19,20,21);2*4-6H2,1-3H3/t3-,5-,6-,9-;;/m1../s1. The van der Waals surface area contributed by atoms with Crippen LogP contribution in [-0.2, 0) is 13.8 Å². The van der Waals surface area contributed by atoms with Gasteiger partial charge in [0, 0.05) is 0 Å². The van der Waals surface area contributed by atoms with Gasteiger partial charge in [0.25, 0.3) is 0 Å². The third-order valence-corrected chi connectivity index (χ3v) is 6.78. The first-order valence-electron chi connectivity index (χ1n) is 12.7. The van der Waals surface area contributed by atoms with Crippen molar-refractivity contribution in [1.82, 2.24) is 29.3 Å². The molecule has 220 valence electrons. The molecule has 1 aliphatic heterocycles. The van der Waals surface area contributed by atoms with E-state index in [2.05, 4.69) is 70.8 Å². The van der Waals surface area contributed by atoms with Crippen LogP contribution in [-0.4, -0.2) is 114 Å². The molecule has 38 heavy (non-hydrogen) atoms. The Morgan fingerprint density at radius 3 is 1.92 bits per heavy atom. The number of aliphatic hydroxyl groups is 2. The predicted octanol–water partition coefficient (Wildman–Crippen LogP) is 1.49. The Labute approximate surface area is 229 Å². The lowest BCUT2D eigenvalue weighted by molar-refractivity contribution is -0.0504. The van der Waals surface area contributed by atoms with Crippen molar-refractivity contribution < 1.29 is 33.8 Å². The van der Waals surface area contributed by atoms with Crippen molar-refractivity contribution in [3.8, 4) is 0 Å². The first-order valence-corrected chi connectivity index (χ1v) is 14.6. The van der Waals surface area contributed by atoms with Crippen LogP contribution in [0.3, 0.4) is 0 Å². The molecule has 0 unspecified atom stereocenters. The summed E-state index contributed by atoms with van der Waals surface area (Å²) in [5, 5.41) is 20.0. The highest BCUT2D eigenvalue weighted by molar-refractivity contribution is 7.46. The van der Waals surface area contributed by atoms with Gasteiger partial charge in [-0.3, -0.25) is 9.09 Å². The van der Waals surface area contributed by atoms with Crippen molar-refractivity contribution in [1.29, 1.82) is 0 Å². The van der Waals surface area contributed by atoms with Crippen molar-refractivity contribution in [2.75, 3.05) is 51.6 Å². The van der Waals surface area contributed by atoms with Crippen LogP contribution in [0.2, 0.25) is 5.28 Å². The molecule has 1 fully saturated rings. The molecule has 0 aliphatic carbocycles. The molecule has 0 amide bonds. The van der Waals surface area contributed by atoms with Crippen molar-refractivity contribution in [2.45, 2.75) is 66.1 Å². The van der Waals surface area contributed by atoms with E-state index in [4.69, 9.17) is 31.9 Å². The van der Waals surface area contributed by atoms with Gasteiger partial charge in [0.05, 0.1) is 12.9 Å². The molecule has 1 saturated heterocycles. The molecule has 1 aliphatic rings. The molecule has 2 aromatic heterocycles. The van der Waals surface area contributed by atoms with Gasteiger partial charge >= 0.3 is 7.82 Å². The number of imidazole rings is 1. The summed E-state index contributed by atoms with van der Waals surface area (Å²) >= 11 is 5.75. The highest BCUT2D eigenvalue weighted by Gasteiger charge is 2.45. The van der Waals surface area contributed by atoms with E-state index in [9.17, 15) is 14.8 Å². The molecule has 4 atom stereocenters. The van der Waals surface area contributed by atoms with Crippen LogP contribution >= 0.6 is 19.4 Å². The number of ether oxygens (including phenoxy) is 1. The summed E-state index contributed by atoms with van der Waals surface area (Å²) in [5.41, 5.74) is 6.07. The van der Waals surface area contributed by atoms with E-state index < -0.39 is 39.0 Å². The molecule has 0 aromatic carbocycles. The van der Waals surface area contributed by atoms with Crippen molar-refractivity contribution >= 4 is 36.4 Å². The fraction of sp³-hybridized carbons (Fsp3) is 0.773. The monoisotopic (exact) mass is 583 g/mol. The number of nitrogens with zero attached hydrogens (tertiary/aromatic N) is 6. The zero-order valence-electron chi connectivity index (χ0n) is 22.9. The van der Waals surface area contributed by atoms with Gasteiger partial charge in [-0.15, -0.1) is 0 Å². The predicted molar refractivity (Wildman–Crippen MR) is 146 cm³/mol. The molecule has 3 rings (SSSR count). The third kappa shape index (κ3) is 10.3. The Morgan fingerprint density at radius 1 is 1.00 bits per heavy atom. The lowest BCUT2D eigenvalue weighted by atomic mass is 10.1. The number of anilines is 1. The van der Waals surface area contributed by atoms with Crippen LogP contribution < -0.4 is 5.73 Å². The quantitative estimate of drug-likeness (QED) is 0.200. The Bertz CT molecular complexity index is 981. The van der Waals surface area contributed by atoms with Gasteiger partial charge in [0.1, 0.15) is 23.8 Å². The third-order valence-electron chi connectivity index (χ3n) is 6.12. The van der Waals surface area contributed by atoms with Crippen LogP contribution in [0.25, 0.3) is 11.2 Å². The van der Waals surface area contributed by atoms with Gasteiger partial charge < -0.3 is 40.3 Å². The minimum absolute atomic E-state index is 0.0261. The number of hydrogen-bond acceptors (Lipinski definition) is 11. The van der Waals surface area contributed by atoms with E-state index in [0.29, 0.717) is 0 Å². The van der Waals surface area contributed by atoms with Crippen molar-refractivity contribution in [2.24, 2.45) is 0 Å². The van der Waals surface area contributed by atoms with E-state index in [1.165, 1.54) is 50.2 Å². The molecule has 0 bridgehead atoms. The number of phosphoric ester groups is 1. The molecular formula is C22H43ClN7O7P. The fourth-order valence-electron chi connectivity index (χ4n) is 3.71. The molecule has 6 N–H and O–H groups in total. The molecule has 2 aromatic rings. The summed E-state index contributed by atoms with van der Waals surface area (Å²) in [4.78, 5) is 33.9. The number of phosphoric acid groups is 1. The summed E-state index contributed by atoms with van der Waals surface area (Å²) in [6.45, 7) is 19.6. The molecular weight excluding hydrogens is 541 g/mol. The topological polar surface area (TPSA) is 193 Å². The minimum Gasteiger partial charge on any atom is -0.387 e. The van der Waals surface area contributed by atoms with E-state index in [0.717, 1.165) is 0 Å². The Kier molecular flexibility index (Phi) is 15.1. The second kappa shape index (κ2) is 16.6. The average molecular weight is 584 g/mol. The van der Waals surface area contributed by atoms with Crippen LogP contribution in [0.4, 0.5) is 5.82 Å². The van der Waals surface area contributed by atoms with E-state index in [1.54, 1.807) is 0 Å². The zero-order valence-corrected chi connectivity index (χ0v) is 24.6. The molecule has 3 heterocycles. The lowest BCUT2D eigenvalue weighted by Crippen LogP contribution is -2.33. The van der Waals surface area contributed by atoms with E-state index in [-0.39, 0.29) is 22.3 Å². The number of rotatable bonds is 10. The summed E-state index contributed by atoms with van der Waals surface area (Å²) < 4.78 is 21.8. The average Bonchev–Trinajstić information content (AvgIpc) is 3.41. The molecule has 0 saturated carbocycles. The van der Waals surface area contributed by atoms with Crippen LogP contribution in [0.1, 0.15) is 47.8 Å². The number of aromatic nitrogens is 4. The summed E-state index contributed by atoms with van der Waals surface area (Å²) in [6, 6.07) is 0. The van der Waals surface area contributed by atoms with E-state index in [1.807, 2.05) is 0 Å². The molecule has 0 radical (unpaired) electrons. The van der Waals surface area contributed by atoms with Crippen molar-refractivity contribution in [3.05, 3.63) is 11.6 Å². The molecule has 16 heteroatoms. The minimum atomic E-state index is -4.74. The van der Waals surface area contributed by atoms with Gasteiger partial charge in [-0.05, 0) is 50.9 Å². The smallest absolute Gasteiger partial charge is 0.387 e. The number of hydrogen-bond donors (Lipinski definition) is 5. The molecule has 14 nitrogen and oxygen atoms in total. The van der Waals surface area contributed by atoms with E-state index >= 15 is 0 Å². The maximum absolute atomic E-state index is 10.7. The highest BCUT2D eigenvalue weighted by atomic mass is 35.5. The maximum Gasteiger partial charge on any atom is 0.469 e. The first-order chi connectivity index (χ1) is 17.9. The van der Waals surface area contributed by atoms with Gasteiger partial charge in [-0.25, -0.2) is 9.55 Å². The lowest BCUT2D eigenvalue weighted by Gasteiger charge is -2.16. The number of nitrogens with two attached hydrogens (primary N) is 1.